The second-order valence-electron chi connectivity index (χ2n) is 11.0. The molecule has 0 rings (SSSR count). The lowest BCUT2D eigenvalue weighted by atomic mass is 10.4. The van der Waals surface area contributed by atoms with Crippen molar-refractivity contribution in [2.75, 3.05) is 0 Å². The molecule has 0 aromatic rings. The third-order valence-corrected chi connectivity index (χ3v) is 18.6. The Hall–Kier alpha value is -1.15. The van der Waals surface area contributed by atoms with E-state index >= 15 is 0 Å². The van der Waals surface area contributed by atoms with Gasteiger partial charge < -0.3 is 8.85 Å². The van der Waals surface area contributed by atoms with Crippen LogP contribution in [0.3, 0.4) is 0 Å². The maximum absolute atomic E-state index is 11.8. The van der Waals surface area contributed by atoms with Crippen LogP contribution in [0.25, 0.3) is 0 Å². The number of carbonyl (C=O) groups is 2. The zero-order chi connectivity index (χ0) is 26.2. The maximum Gasteiger partial charge on any atom is 0.319 e. The largest absolute Gasteiger partial charge is 0.515 e. The average molecular weight is 485 g/mol. The van der Waals surface area contributed by atoms with E-state index in [1.165, 1.54) is 0 Å². The molecule has 0 radical (unpaired) electrons. The van der Waals surface area contributed by atoms with E-state index in [4.69, 9.17) is 8.85 Å². The molecule has 4 nitrogen and oxygen atoms in total. The Balaban J connectivity index is 0. The second-order valence-corrected chi connectivity index (χ2v) is 21.7. The molecule has 0 bridgehead atoms. The molecule has 0 fully saturated rings. The number of hydrogen-bond acceptors (Lipinski definition) is 4. The van der Waals surface area contributed by atoms with E-state index in [9.17, 15) is 9.59 Å². The van der Waals surface area contributed by atoms with Gasteiger partial charge in [0.25, 0.3) is 16.6 Å². The van der Waals surface area contributed by atoms with Crippen LogP contribution < -0.4 is 0 Å². The molecule has 0 aliphatic heterocycles. The topological polar surface area (TPSA) is 52.6 Å². The van der Waals surface area contributed by atoms with E-state index in [0.717, 1.165) is 0 Å². The van der Waals surface area contributed by atoms with Gasteiger partial charge in [0, 0.05) is 11.1 Å². The summed E-state index contributed by atoms with van der Waals surface area (Å²) < 4.78 is 11.8. The Morgan fingerprint density at radius 3 is 0.750 bits per heavy atom. The van der Waals surface area contributed by atoms with Gasteiger partial charge in [0.1, 0.15) is 0 Å². The van der Waals surface area contributed by atoms with Crippen LogP contribution in [-0.4, -0.2) is 28.6 Å². The van der Waals surface area contributed by atoms with Crippen molar-refractivity contribution in [2.24, 2.45) is 0 Å². The quantitative estimate of drug-likeness (QED) is 0.230. The molecule has 0 spiro atoms. The molecule has 0 aliphatic carbocycles. The Morgan fingerprint density at radius 1 is 0.500 bits per heavy atom. The average Bonchev–Trinajstić information content (AvgIpc) is 2.61. The van der Waals surface area contributed by atoms with E-state index < -0.39 is 16.6 Å². The van der Waals surface area contributed by atoms with Crippen molar-refractivity contribution >= 4 is 28.6 Å². The smallest absolute Gasteiger partial charge is 0.319 e. The Bertz CT molecular complexity index is 547. The molecular weight excluding hydrogens is 432 g/mol. The highest BCUT2D eigenvalue weighted by Crippen LogP contribution is 2.43. The van der Waals surface area contributed by atoms with Crippen LogP contribution in [0.5, 0.6) is 0 Å². The Kier molecular flexibility index (Phi) is 14.0. The fourth-order valence-corrected chi connectivity index (χ4v) is 15.6. The summed E-state index contributed by atoms with van der Waals surface area (Å²) >= 11 is 0. The van der Waals surface area contributed by atoms with Gasteiger partial charge in [0.05, 0.1) is 0 Å². The lowest BCUT2D eigenvalue weighted by Gasteiger charge is -2.41. The number of carbonyl (C=O) groups excluding carboxylic acids is 2. The summed E-state index contributed by atoms with van der Waals surface area (Å²) in [5.41, 5.74) is 3.56. The van der Waals surface area contributed by atoms with Gasteiger partial charge in [0.15, 0.2) is 0 Å². The van der Waals surface area contributed by atoms with Gasteiger partial charge in [0.2, 0.25) is 0 Å². The predicted octanol–water partition coefficient (Wildman–Crippen LogP) is 8.56. The minimum Gasteiger partial charge on any atom is -0.515 e. The first kappa shape index (κ1) is 33.0. The first-order valence-electron chi connectivity index (χ1n) is 12.1. The van der Waals surface area contributed by atoms with Crippen molar-refractivity contribution in [3.8, 4) is 0 Å². The first-order valence-corrected chi connectivity index (χ1v) is 16.4. The fraction of sp³-hybridized carbons (Fsp3) is 0.769. The monoisotopic (exact) mass is 484 g/mol. The van der Waals surface area contributed by atoms with Crippen molar-refractivity contribution in [3.63, 3.8) is 0 Å². The molecule has 0 amide bonds. The summed E-state index contributed by atoms with van der Waals surface area (Å²) in [6.45, 7) is 36.7. The standard InChI is InChI=1S/2C13H26O2Si/c2*1-9(2)13(14)15-16(10(3)4,11(5)6)12(7)8/h2*10-12H,1H2,2-8H3. The molecule has 0 aliphatic rings. The minimum atomic E-state index is -2.06. The van der Waals surface area contributed by atoms with Crippen LogP contribution in [0.4, 0.5) is 0 Å². The van der Waals surface area contributed by atoms with Crippen LogP contribution >= 0.6 is 0 Å². The van der Waals surface area contributed by atoms with E-state index in [1.807, 2.05) is 0 Å². The first-order chi connectivity index (χ1) is 14.3. The zero-order valence-corrected chi connectivity index (χ0v) is 25.5. The van der Waals surface area contributed by atoms with Gasteiger partial charge >= 0.3 is 11.9 Å². The van der Waals surface area contributed by atoms with E-state index in [-0.39, 0.29) is 11.9 Å². The van der Waals surface area contributed by atoms with E-state index in [2.05, 4.69) is 96.2 Å². The molecule has 0 N–H and O–H groups in total. The highest BCUT2D eigenvalue weighted by atomic mass is 28.4. The molecule has 0 saturated heterocycles. The van der Waals surface area contributed by atoms with Crippen LogP contribution in [-0.2, 0) is 18.4 Å². The normalized spacial score (nSPS) is 12.4. The highest BCUT2D eigenvalue weighted by molar-refractivity contribution is 6.79. The third-order valence-electron chi connectivity index (χ3n) is 6.65. The third kappa shape index (κ3) is 8.01. The molecule has 0 saturated carbocycles. The van der Waals surface area contributed by atoms with Gasteiger partial charge in [-0.1, -0.05) is 96.2 Å². The predicted molar refractivity (Wildman–Crippen MR) is 144 cm³/mol. The molecule has 0 aromatic heterocycles. The Labute approximate surface area is 201 Å². The van der Waals surface area contributed by atoms with Crippen molar-refractivity contribution in [1.29, 1.82) is 0 Å². The summed E-state index contributed by atoms with van der Waals surface area (Å²) in [5.74, 6) is -0.439. The SMILES string of the molecule is C=C(C)C(=O)O[Si](C(C)C)(C(C)C)C(C)C.C=C(C)C(=O)O[Si](C(C)C)(C(C)C)C(C)C. The molecule has 0 aromatic carbocycles. The van der Waals surface area contributed by atoms with Crippen molar-refractivity contribution in [3.05, 3.63) is 24.3 Å². The number of hydrogen-bond donors (Lipinski definition) is 0. The molecule has 0 heterocycles. The zero-order valence-electron chi connectivity index (χ0n) is 23.5. The molecule has 0 unspecified atom stereocenters. The van der Waals surface area contributed by atoms with Crippen molar-refractivity contribution < 1.29 is 18.4 Å². The van der Waals surface area contributed by atoms with Crippen LogP contribution in [0.15, 0.2) is 24.3 Å². The second kappa shape index (κ2) is 13.5. The summed E-state index contributed by atoms with van der Waals surface area (Å²) in [4.78, 5) is 23.6. The summed E-state index contributed by atoms with van der Waals surface area (Å²) in [6, 6.07) is 0. The maximum atomic E-state index is 11.8. The van der Waals surface area contributed by atoms with Crippen LogP contribution in [0.1, 0.15) is 96.9 Å². The number of rotatable bonds is 10. The van der Waals surface area contributed by atoms with Crippen LogP contribution in [0.2, 0.25) is 33.2 Å². The summed E-state index contributed by atoms with van der Waals surface area (Å²) in [7, 11) is -4.13. The molecular formula is C26H52O4Si2. The van der Waals surface area contributed by atoms with E-state index in [0.29, 0.717) is 44.4 Å². The molecule has 0 atom stereocenters. The van der Waals surface area contributed by atoms with Gasteiger partial charge in [-0.25, -0.2) is 9.59 Å². The van der Waals surface area contributed by atoms with E-state index in [1.54, 1.807) is 13.8 Å². The van der Waals surface area contributed by atoms with Gasteiger partial charge in [-0.2, -0.15) is 0 Å². The highest BCUT2D eigenvalue weighted by Gasteiger charge is 2.49. The molecule has 32 heavy (non-hydrogen) atoms. The minimum absolute atomic E-state index is 0.220. The van der Waals surface area contributed by atoms with Gasteiger partial charge in [-0.05, 0) is 47.1 Å². The van der Waals surface area contributed by atoms with Crippen LogP contribution in [0, 0.1) is 0 Å². The van der Waals surface area contributed by atoms with Crippen molar-refractivity contribution in [2.45, 2.75) is 130 Å². The lowest BCUT2D eigenvalue weighted by Crippen LogP contribution is -2.49. The summed E-state index contributed by atoms with van der Waals surface area (Å²) in [6.07, 6.45) is 0. The Morgan fingerprint density at radius 2 is 0.656 bits per heavy atom. The molecule has 188 valence electrons. The van der Waals surface area contributed by atoms with Crippen molar-refractivity contribution in [1.82, 2.24) is 0 Å². The summed E-state index contributed by atoms with van der Waals surface area (Å²) in [5, 5.41) is 0. The molecule has 6 heteroatoms. The fourth-order valence-electron chi connectivity index (χ4n) is 5.20. The van der Waals surface area contributed by atoms with Gasteiger partial charge in [-0.15, -0.1) is 0 Å². The lowest BCUT2D eigenvalue weighted by molar-refractivity contribution is -0.132. The van der Waals surface area contributed by atoms with Gasteiger partial charge in [-0.3, -0.25) is 0 Å².